The van der Waals surface area contributed by atoms with Crippen LogP contribution in [0.4, 0.5) is 4.39 Å². The summed E-state index contributed by atoms with van der Waals surface area (Å²) >= 11 is 6.02. The van der Waals surface area contributed by atoms with Gasteiger partial charge in [-0.15, -0.1) is 0 Å². The van der Waals surface area contributed by atoms with E-state index in [1.165, 1.54) is 18.6 Å². The first kappa shape index (κ1) is 20.6. The Morgan fingerprint density at radius 1 is 0.938 bits per heavy atom. The molecule has 7 heteroatoms. The Morgan fingerprint density at radius 3 is 2.31 bits per heavy atom. The summed E-state index contributed by atoms with van der Waals surface area (Å²) in [5.41, 5.74) is 3.84. The lowest BCUT2D eigenvalue weighted by atomic mass is 9.95. The molecule has 0 radical (unpaired) electrons. The fraction of sp³-hybridized carbons (Fsp3) is 0.240. The van der Waals surface area contributed by atoms with E-state index in [0.717, 1.165) is 36.8 Å². The van der Waals surface area contributed by atoms with Crippen molar-refractivity contribution in [2.24, 2.45) is 0 Å². The average molecular weight is 449 g/mol. The number of benzene rings is 2. The summed E-state index contributed by atoms with van der Waals surface area (Å²) in [7, 11) is 0. The number of carbonyl (C=O) groups is 1. The number of halogens is 2. The van der Waals surface area contributed by atoms with Crippen molar-refractivity contribution < 1.29 is 9.18 Å². The first-order valence-electron chi connectivity index (χ1n) is 10.8. The molecule has 0 aliphatic heterocycles. The second-order valence-corrected chi connectivity index (χ2v) is 8.58. The molecule has 1 amide bonds. The van der Waals surface area contributed by atoms with E-state index in [0.29, 0.717) is 27.8 Å². The predicted molar refractivity (Wildman–Crippen MR) is 123 cm³/mol. The first-order chi connectivity index (χ1) is 15.6. The van der Waals surface area contributed by atoms with Crippen molar-refractivity contribution in [3.05, 3.63) is 77.2 Å². The predicted octanol–water partition coefficient (Wildman–Crippen LogP) is 5.92. The number of carbonyl (C=O) groups excluding carboxylic acids is 1. The van der Waals surface area contributed by atoms with Gasteiger partial charge in [0.2, 0.25) is 0 Å². The highest BCUT2D eigenvalue weighted by atomic mass is 35.5. The molecule has 0 unspecified atom stereocenters. The quantitative estimate of drug-likeness (QED) is 0.421. The zero-order valence-electron chi connectivity index (χ0n) is 17.4. The smallest absolute Gasteiger partial charge is 0.270 e. The van der Waals surface area contributed by atoms with Gasteiger partial charge in [-0.3, -0.25) is 4.79 Å². The van der Waals surface area contributed by atoms with Gasteiger partial charge in [-0.05, 0) is 55.3 Å². The molecule has 2 aromatic carbocycles. The molecule has 0 saturated heterocycles. The number of hydrogen-bond acceptors (Lipinski definition) is 3. The molecule has 1 aliphatic rings. The summed E-state index contributed by atoms with van der Waals surface area (Å²) in [6.45, 7) is 0. The minimum atomic E-state index is -0.320. The van der Waals surface area contributed by atoms with Crippen LogP contribution < -0.4 is 5.32 Å². The van der Waals surface area contributed by atoms with Crippen molar-refractivity contribution in [3.63, 3.8) is 0 Å². The number of hydrogen-bond donors (Lipinski definition) is 1. The van der Waals surface area contributed by atoms with Gasteiger partial charge in [0.1, 0.15) is 11.5 Å². The molecular formula is C25H22ClFN4O. The Labute approximate surface area is 190 Å². The standard InChI is InChI=1S/C25H22ClFN4O/c26-18-10-6-17(7-11-18)22-15-24-29-21(16-8-12-19(27)13-9-16)14-23(31(24)30-22)25(32)28-20-4-2-1-3-5-20/h6-15,20H,1-5H2,(H,28,32). The monoisotopic (exact) mass is 448 g/mol. The number of rotatable bonds is 4. The zero-order chi connectivity index (χ0) is 22.1. The summed E-state index contributed by atoms with van der Waals surface area (Å²) in [5.74, 6) is -0.502. The van der Waals surface area contributed by atoms with E-state index in [2.05, 4.69) is 10.4 Å². The summed E-state index contributed by atoms with van der Waals surface area (Å²) in [4.78, 5) is 18.0. The highest BCUT2D eigenvalue weighted by Crippen LogP contribution is 2.26. The maximum absolute atomic E-state index is 13.4. The molecule has 0 bridgehead atoms. The molecule has 5 rings (SSSR count). The Balaban J connectivity index is 1.60. The van der Waals surface area contributed by atoms with Crippen molar-refractivity contribution in [1.82, 2.24) is 19.9 Å². The van der Waals surface area contributed by atoms with Gasteiger partial charge in [0.25, 0.3) is 5.91 Å². The molecule has 1 N–H and O–H groups in total. The highest BCUT2D eigenvalue weighted by Gasteiger charge is 2.21. The summed E-state index contributed by atoms with van der Waals surface area (Å²) in [6, 6.07) is 17.2. The average Bonchev–Trinajstić information content (AvgIpc) is 3.24. The first-order valence-corrected chi connectivity index (χ1v) is 11.2. The number of fused-ring (bicyclic) bond motifs is 1. The third kappa shape index (κ3) is 4.23. The molecule has 1 saturated carbocycles. The SMILES string of the molecule is O=C(NC1CCCCC1)c1cc(-c2ccc(F)cc2)nc2cc(-c3ccc(Cl)cc3)nn12. The van der Waals surface area contributed by atoms with Gasteiger partial charge in [-0.1, -0.05) is 43.0 Å². The zero-order valence-corrected chi connectivity index (χ0v) is 18.1. The molecule has 1 fully saturated rings. The molecule has 2 aromatic heterocycles. The van der Waals surface area contributed by atoms with Gasteiger partial charge in [-0.25, -0.2) is 13.9 Å². The Kier molecular flexibility index (Phi) is 5.62. The van der Waals surface area contributed by atoms with Gasteiger partial charge < -0.3 is 5.32 Å². The molecule has 1 aliphatic carbocycles. The van der Waals surface area contributed by atoms with E-state index < -0.39 is 0 Å². The van der Waals surface area contributed by atoms with Crippen LogP contribution in [0, 0.1) is 5.82 Å². The van der Waals surface area contributed by atoms with E-state index in [9.17, 15) is 9.18 Å². The fourth-order valence-electron chi connectivity index (χ4n) is 4.17. The van der Waals surface area contributed by atoms with Crippen LogP contribution in [0.2, 0.25) is 5.02 Å². The van der Waals surface area contributed by atoms with Crippen LogP contribution in [-0.2, 0) is 0 Å². The van der Waals surface area contributed by atoms with Crippen molar-refractivity contribution >= 4 is 23.2 Å². The summed E-state index contributed by atoms with van der Waals surface area (Å²) in [6.07, 6.45) is 5.43. The van der Waals surface area contributed by atoms with Gasteiger partial charge in [-0.2, -0.15) is 5.10 Å². The van der Waals surface area contributed by atoms with E-state index in [-0.39, 0.29) is 17.8 Å². The van der Waals surface area contributed by atoms with Gasteiger partial charge >= 0.3 is 0 Å². The Bertz CT molecular complexity index is 1260. The van der Waals surface area contributed by atoms with Crippen LogP contribution in [0.15, 0.2) is 60.7 Å². The fourth-order valence-corrected chi connectivity index (χ4v) is 4.30. The second kappa shape index (κ2) is 8.71. The number of amides is 1. The third-order valence-electron chi connectivity index (χ3n) is 5.88. The summed E-state index contributed by atoms with van der Waals surface area (Å²) < 4.78 is 15.0. The molecule has 4 aromatic rings. The largest absolute Gasteiger partial charge is 0.348 e. The van der Waals surface area contributed by atoms with Crippen LogP contribution in [0.3, 0.4) is 0 Å². The van der Waals surface area contributed by atoms with Crippen LogP contribution in [-0.4, -0.2) is 26.5 Å². The van der Waals surface area contributed by atoms with Crippen LogP contribution >= 0.6 is 11.6 Å². The normalized spacial score (nSPS) is 14.6. The Hall–Kier alpha value is -3.25. The molecule has 0 atom stereocenters. The second-order valence-electron chi connectivity index (χ2n) is 8.15. The van der Waals surface area contributed by atoms with Crippen LogP contribution in [0.1, 0.15) is 42.6 Å². The lowest BCUT2D eigenvalue weighted by Gasteiger charge is -2.22. The van der Waals surface area contributed by atoms with E-state index in [1.807, 2.05) is 18.2 Å². The lowest BCUT2D eigenvalue weighted by molar-refractivity contribution is 0.0920. The lowest BCUT2D eigenvalue weighted by Crippen LogP contribution is -2.37. The number of nitrogens with one attached hydrogen (secondary N) is 1. The third-order valence-corrected chi connectivity index (χ3v) is 6.13. The topological polar surface area (TPSA) is 59.3 Å². The van der Waals surface area contributed by atoms with Crippen molar-refractivity contribution in [2.75, 3.05) is 0 Å². The molecule has 2 heterocycles. The molecule has 0 spiro atoms. The molecule has 5 nitrogen and oxygen atoms in total. The van der Waals surface area contributed by atoms with Crippen molar-refractivity contribution in [3.8, 4) is 22.5 Å². The van der Waals surface area contributed by atoms with Gasteiger partial charge in [0.15, 0.2) is 5.65 Å². The Morgan fingerprint density at radius 2 is 1.59 bits per heavy atom. The number of aromatic nitrogens is 3. The molecule has 162 valence electrons. The van der Waals surface area contributed by atoms with Crippen molar-refractivity contribution in [2.45, 2.75) is 38.1 Å². The maximum Gasteiger partial charge on any atom is 0.270 e. The number of nitrogens with zero attached hydrogens (tertiary/aromatic N) is 3. The minimum Gasteiger partial charge on any atom is -0.348 e. The van der Waals surface area contributed by atoms with Crippen molar-refractivity contribution in [1.29, 1.82) is 0 Å². The van der Waals surface area contributed by atoms with E-state index in [4.69, 9.17) is 16.6 Å². The minimum absolute atomic E-state index is 0.167. The van der Waals surface area contributed by atoms with Gasteiger partial charge in [0.05, 0.1) is 11.4 Å². The van der Waals surface area contributed by atoms with Crippen LogP contribution in [0.25, 0.3) is 28.2 Å². The molecular weight excluding hydrogens is 427 g/mol. The maximum atomic E-state index is 13.4. The van der Waals surface area contributed by atoms with E-state index in [1.54, 1.807) is 34.8 Å². The molecule has 32 heavy (non-hydrogen) atoms. The highest BCUT2D eigenvalue weighted by molar-refractivity contribution is 6.30. The van der Waals surface area contributed by atoms with E-state index >= 15 is 0 Å². The summed E-state index contributed by atoms with van der Waals surface area (Å²) in [5, 5.41) is 8.47. The van der Waals surface area contributed by atoms with Crippen LogP contribution in [0.5, 0.6) is 0 Å². The van der Waals surface area contributed by atoms with Gasteiger partial charge in [0, 0.05) is 28.3 Å².